The Hall–Kier alpha value is -1.06. The Bertz CT molecular complexity index is 360. The van der Waals surface area contributed by atoms with Crippen molar-refractivity contribution in [1.82, 2.24) is 9.80 Å². The Kier molecular flexibility index (Phi) is 2.42. The molecule has 3 aliphatic rings. The second-order valence-corrected chi connectivity index (χ2v) is 5.75. The van der Waals surface area contributed by atoms with E-state index in [1.807, 2.05) is 6.92 Å². The molecule has 0 aromatic heterocycles. The summed E-state index contributed by atoms with van der Waals surface area (Å²) in [6.07, 6.45) is 6.08. The highest BCUT2D eigenvalue weighted by Crippen LogP contribution is 2.63. The van der Waals surface area contributed by atoms with Crippen molar-refractivity contribution in [3.05, 3.63) is 0 Å². The van der Waals surface area contributed by atoms with E-state index in [4.69, 9.17) is 0 Å². The summed E-state index contributed by atoms with van der Waals surface area (Å²) >= 11 is 0. The van der Waals surface area contributed by atoms with Crippen LogP contribution in [0.25, 0.3) is 0 Å². The fourth-order valence-corrected chi connectivity index (χ4v) is 3.57. The number of carbonyl (C=O) groups excluding carboxylic acids is 2. The maximum Gasteiger partial charge on any atom is 0.243 e. The molecule has 0 N–H and O–H groups in total. The van der Waals surface area contributed by atoms with Crippen molar-refractivity contribution in [2.75, 3.05) is 19.8 Å². The highest BCUT2D eigenvalue weighted by atomic mass is 16.2. The molecular weight excluding hydrogens is 216 g/mol. The van der Waals surface area contributed by atoms with E-state index in [1.54, 1.807) is 9.80 Å². The summed E-state index contributed by atoms with van der Waals surface area (Å²) < 4.78 is 0. The molecule has 1 heterocycles. The SMILES string of the molecule is CCN1CN(C(=O)C2CC23CCCC3)CC1=O. The van der Waals surface area contributed by atoms with Crippen molar-refractivity contribution in [2.24, 2.45) is 11.3 Å². The van der Waals surface area contributed by atoms with Crippen LogP contribution < -0.4 is 0 Å². The van der Waals surface area contributed by atoms with Crippen molar-refractivity contribution in [3.63, 3.8) is 0 Å². The monoisotopic (exact) mass is 236 g/mol. The second kappa shape index (κ2) is 3.72. The number of hydrogen-bond acceptors (Lipinski definition) is 2. The van der Waals surface area contributed by atoms with Gasteiger partial charge in [-0.05, 0) is 31.6 Å². The predicted octanol–water partition coefficient (Wildman–Crippen LogP) is 1.21. The Morgan fingerprint density at radius 1 is 1.41 bits per heavy atom. The minimum atomic E-state index is 0.0990. The summed E-state index contributed by atoms with van der Waals surface area (Å²) in [6.45, 7) is 3.49. The van der Waals surface area contributed by atoms with Crippen LogP contribution >= 0.6 is 0 Å². The third-order valence-corrected chi connectivity index (χ3v) is 4.80. The summed E-state index contributed by atoms with van der Waals surface area (Å²) in [5.74, 6) is 0.563. The average molecular weight is 236 g/mol. The molecule has 2 aliphatic carbocycles. The molecule has 94 valence electrons. The second-order valence-electron chi connectivity index (χ2n) is 5.75. The van der Waals surface area contributed by atoms with Gasteiger partial charge in [-0.1, -0.05) is 12.8 Å². The van der Waals surface area contributed by atoms with Crippen molar-refractivity contribution in [3.8, 4) is 0 Å². The molecule has 1 unspecified atom stereocenters. The number of likely N-dealkylation sites (N-methyl/N-ethyl adjacent to an activating group) is 1. The first kappa shape index (κ1) is 11.1. The van der Waals surface area contributed by atoms with Gasteiger partial charge in [0, 0.05) is 12.5 Å². The molecule has 0 aromatic rings. The Morgan fingerprint density at radius 3 is 2.71 bits per heavy atom. The van der Waals surface area contributed by atoms with E-state index in [9.17, 15) is 9.59 Å². The zero-order valence-electron chi connectivity index (χ0n) is 10.4. The molecule has 2 saturated carbocycles. The van der Waals surface area contributed by atoms with E-state index in [0.717, 1.165) is 6.42 Å². The normalized spacial score (nSPS) is 30.4. The summed E-state index contributed by atoms with van der Waals surface area (Å²) in [4.78, 5) is 27.4. The number of carbonyl (C=O) groups is 2. The van der Waals surface area contributed by atoms with Gasteiger partial charge in [-0.3, -0.25) is 9.59 Å². The molecule has 1 spiro atoms. The van der Waals surface area contributed by atoms with Gasteiger partial charge in [0.15, 0.2) is 0 Å². The maximum absolute atomic E-state index is 12.3. The van der Waals surface area contributed by atoms with E-state index >= 15 is 0 Å². The summed E-state index contributed by atoms with van der Waals surface area (Å²) in [7, 11) is 0. The lowest BCUT2D eigenvalue weighted by Gasteiger charge is -2.18. The third kappa shape index (κ3) is 1.65. The van der Waals surface area contributed by atoms with Crippen LogP contribution in [0, 0.1) is 11.3 Å². The zero-order chi connectivity index (χ0) is 12.0. The Balaban J connectivity index is 1.63. The predicted molar refractivity (Wildman–Crippen MR) is 63.0 cm³/mol. The summed E-state index contributed by atoms with van der Waals surface area (Å²) in [5.41, 5.74) is 0.347. The molecule has 17 heavy (non-hydrogen) atoms. The van der Waals surface area contributed by atoms with Crippen molar-refractivity contribution >= 4 is 11.8 Å². The molecule has 4 heteroatoms. The van der Waals surface area contributed by atoms with Crippen LogP contribution in [0.5, 0.6) is 0 Å². The Labute approximate surface area is 102 Å². The molecule has 3 rings (SSSR count). The number of nitrogens with zero attached hydrogens (tertiary/aromatic N) is 2. The van der Waals surface area contributed by atoms with Crippen LogP contribution in [0.3, 0.4) is 0 Å². The van der Waals surface area contributed by atoms with E-state index in [1.165, 1.54) is 25.7 Å². The molecule has 1 aliphatic heterocycles. The van der Waals surface area contributed by atoms with Gasteiger partial charge in [0.25, 0.3) is 0 Å². The molecule has 0 aromatic carbocycles. The van der Waals surface area contributed by atoms with Crippen molar-refractivity contribution < 1.29 is 9.59 Å². The molecule has 4 nitrogen and oxygen atoms in total. The fraction of sp³-hybridized carbons (Fsp3) is 0.846. The molecule has 2 amide bonds. The zero-order valence-corrected chi connectivity index (χ0v) is 10.4. The average Bonchev–Trinajstić information content (AvgIpc) is 2.67. The molecule has 0 bridgehead atoms. The summed E-state index contributed by atoms with van der Waals surface area (Å²) in [6, 6.07) is 0. The molecular formula is C13H20N2O2. The van der Waals surface area contributed by atoms with Gasteiger partial charge in [0.05, 0.1) is 6.67 Å². The highest BCUT2D eigenvalue weighted by molar-refractivity contribution is 5.90. The first-order valence-corrected chi connectivity index (χ1v) is 6.73. The van der Waals surface area contributed by atoms with Gasteiger partial charge in [0.1, 0.15) is 6.54 Å². The lowest BCUT2D eigenvalue weighted by molar-refractivity contribution is -0.133. The van der Waals surface area contributed by atoms with E-state index < -0.39 is 0 Å². The van der Waals surface area contributed by atoms with Gasteiger partial charge < -0.3 is 9.80 Å². The van der Waals surface area contributed by atoms with E-state index in [0.29, 0.717) is 25.2 Å². The lowest BCUT2D eigenvalue weighted by Crippen LogP contribution is -2.33. The first-order chi connectivity index (χ1) is 8.16. The maximum atomic E-state index is 12.3. The number of hydrogen-bond donors (Lipinski definition) is 0. The standard InChI is InChI=1S/C13H20N2O2/c1-2-14-9-15(8-11(14)16)12(17)10-7-13(10)5-3-4-6-13/h10H,2-9H2,1H3. The first-order valence-electron chi connectivity index (χ1n) is 6.73. The largest absolute Gasteiger partial charge is 0.324 e. The van der Waals surface area contributed by atoms with Crippen LogP contribution in [0.15, 0.2) is 0 Å². The van der Waals surface area contributed by atoms with Gasteiger partial charge in [0.2, 0.25) is 11.8 Å². The molecule has 1 saturated heterocycles. The van der Waals surface area contributed by atoms with Gasteiger partial charge in [-0.15, -0.1) is 0 Å². The third-order valence-electron chi connectivity index (χ3n) is 4.80. The Morgan fingerprint density at radius 2 is 2.12 bits per heavy atom. The minimum Gasteiger partial charge on any atom is -0.324 e. The highest BCUT2D eigenvalue weighted by Gasteiger charge is 2.59. The quantitative estimate of drug-likeness (QED) is 0.723. The summed E-state index contributed by atoms with van der Waals surface area (Å²) in [5, 5.41) is 0. The molecule has 0 radical (unpaired) electrons. The number of rotatable bonds is 2. The smallest absolute Gasteiger partial charge is 0.243 e. The van der Waals surface area contributed by atoms with Gasteiger partial charge in [-0.2, -0.15) is 0 Å². The van der Waals surface area contributed by atoms with Crippen LogP contribution in [-0.4, -0.2) is 41.4 Å². The minimum absolute atomic E-state index is 0.0990. The van der Waals surface area contributed by atoms with E-state index in [2.05, 4.69) is 0 Å². The van der Waals surface area contributed by atoms with Crippen molar-refractivity contribution in [2.45, 2.75) is 39.0 Å². The van der Waals surface area contributed by atoms with Crippen LogP contribution in [0.4, 0.5) is 0 Å². The fourth-order valence-electron chi connectivity index (χ4n) is 3.57. The van der Waals surface area contributed by atoms with Crippen LogP contribution in [0.1, 0.15) is 39.0 Å². The van der Waals surface area contributed by atoms with E-state index in [-0.39, 0.29) is 17.7 Å². The van der Waals surface area contributed by atoms with Gasteiger partial charge in [-0.25, -0.2) is 0 Å². The van der Waals surface area contributed by atoms with Gasteiger partial charge >= 0.3 is 0 Å². The number of amides is 2. The molecule has 3 fully saturated rings. The topological polar surface area (TPSA) is 40.6 Å². The molecule has 1 atom stereocenters. The van der Waals surface area contributed by atoms with Crippen LogP contribution in [0.2, 0.25) is 0 Å². The van der Waals surface area contributed by atoms with Crippen molar-refractivity contribution in [1.29, 1.82) is 0 Å². The van der Waals surface area contributed by atoms with Crippen LogP contribution in [-0.2, 0) is 9.59 Å². The lowest BCUT2D eigenvalue weighted by atomic mass is 10.0.